The minimum Gasteiger partial charge on any atom is -0.382 e. The number of piperidine rings is 1. The summed E-state index contributed by atoms with van der Waals surface area (Å²) in [5.74, 6) is 0.796. The molecule has 19 heavy (non-hydrogen) atoms. The van der Waals surface area contributed by atoms with Crippen molar-refractivity contribution >= 4 is 11.4 Å². The summed E-state index contributed by atoms with van der Waals surface area (Å²) in [7, 11) is 6.36. The predicted molar refractivity (Wildman–Crippen MR) is 84.1 cm³/mol. The first-order chi connectivity index (χ1) is 9.06. The molecule has 3 heteroatoms. The Morgan fingerprint density at radius 1 is 1.16 bits per heavy atom. The predicted octanol–water partition coefficient (Wildman–Crippen LogP) is 2.89. The van der Waals surface area contributed by atoms with E-state index >= 15 is 0 Å². The van der Waals surface area contributed by atoms with Gasteiger partial charge in [-0.25, -0.2) is 0 Å². The van der Waals surface area contributed by atoms with Gasteiger partial charge in [0.25, 0.3) is 0 Å². The van der Waals surface area contributed by atoms with E-state index in [9.17, 15) is 0 Å². The van der Waals surface area contributed by atoms with Crippen molar-refractivity contribution in [1.29, 1.82) is 0 Å². The average Bonchev–Trinajstić information content (AvgIpc) is 2.40. The van der Waals surface area contributed by atoms with Gasteiger partial charge in [0.1, 0.15) is 0 Å². The Morgan fingerprint density at radius 3 is 2.26 bits per heavy atom. The van der Waals surface area contributed by atoms with Crippen LogP contribution >= 0.6 is 0 Å². The zero-order chi connectivity index (χ0) is 13.8. The highest BCUT2D eigenvalue weighted by molar-refractivity contribution is 5.54. The minimum absolute atomic E-state index is 0.555. The van der Waals surface area contributed by atoms with E-state index in [1.165, 1.54) is 37.3 Å². The normalized spacial score (nSPS) is 19.2. The summed E-state index contributed by atoms with van der Waals surface area (Å²) in [6.45, 7) is 4.78. The van der Waals surface area contributed by atoms with Crippen LogP contribution in [-0.2, 0) is 0 Å². The maximum atomic E-state index is 3.66. The van der Waals surface area contributed by atoms with Gasteiger partial charge in [0.05, 0.1) is 0 Å². The molecule has 1 N–H and O–H groups in total. The number of hydrogen-bond acceptors (Lipinski definition) is 3. The van der Waals surface area contributed by atoms with E-state index in [-0.39, 0.29) is 0 Å². The van der Waals surface area contributed by atoms with Gasteiger partial charge in [0.2, 0.25) is 0 Å². The lowest BCUT2D eigenvalue weighted by Gasteiger charge is -2.33. The van der Waals surface area contributed by atoms with E-state index < -0.39 is 0 Å². The van der Waals surface area contributed by atoms with E-state index in [2.05, 4.69) is 67.4 Å². The van der Waals surface area contributed by atoms with Gasteiger partial charge < -0.3 is 15.1 Å². The monoisotopic (exact) mass is 261 g/mol. The molecule has 0 bridgehead atoms. The lowest BCUT2D eigenvalue weighted by Crippen LogP contribution is -2.37. The molecule has 0 amide bonds. The van der Waals surface area contributed by atoms with Crippen LogP contribution in [0.5, 0.6) is 0 Å². The lowest BCUT2D eigenvalue weighted by atomic mass is 9.90. The fraction of sp³-hybridized carbons (Fsp3) is 0.625. The first kappa shape index (κ1) is 14.2. The second kappa shape index (κ2) is 6.29. The third-order valence-corrected chi connectivity index (χ3v) is 4.25. The molecule has 1 unspecified atom stereocenters. The smallest absolute Gasteiger partial charge is 0.0362 e. The molecule has 106 valence electrons. The second-order valence-corrected chi connectivity index (χ2v) is 6.02. The van der Waals surface area contributed by atoms with Gasteiger partial charge in [0, 0.05) is 31.5 Å². The third kappa shape index (κ3) is 3.87. The quantitative estimate of drug-likeness (QED) is 0.899. The van der Waals surface area contributed by atoms with Gasteiger partial charge in [-0.1, -0.05) is 0 Å². The summed E-state index contributed by atoms with van der Waals surface area (Å²) < 4.78 is 0. The zero-order valence-electron chi connectivity index (χ0n) is 12.7. The highest BCUT2D eigenvalue weighted by Gasteiger charge is 2.21. The topological polar surface area (TPSA) is 18.5 Å². The summed E-state index contributed by atoms with van der Waals surface area (Å²) in [5.41, 5.74) is 2.48. The lowest BCUT2D eigenvalue weighted by molar-refractivity contribution is 0.208. The van der Waals surface area contributed by atoms with Crippen molar-refractivity contribution in [2.75, 3.05) is 44.4 Å². The SMILES string of the molecule is CC(Nc1ccc(N(C)C)cc1)C1CCN(C)CC1. The molecular formula is C16H27N3. The molecule has 1 fully saturated rings. The van der Waals surface area contributed by atoms with Crippen LogP contribution in [0.15, 0.2) is 24.3 Å². The van der Waals surface area contributed by atoms with Gasteiger partial charge >= 0.3 is 0 Å². The molecule has 0 aromatic heterocycles. The molecule has 0 saturated carbocycles. The first-order valence-corrected chi connectivity index (χ1v) is 7.28. The molecule has 1 aromatic rings. The van der Waals surface area contributed by atoms with E-state index in [0.29, 0.717) is 6.04 Å². The number of nitrogens with zero attached hydrogens (tertiary/aromatic N) is 2. The Balaban J connectivity index is 1.89. The maximum Gasteiger partial charge on any atom is 0.0362 e. The molecule has 1 aromatic carbocycles. The Morgan fingerprint density at radius 2 is 1.74 bits per heavy atom. The summed E-state index contributed by atoms with van der Waals surface area (Å²) in [6, 6.07) is 9.26. The zero-order valence-corrected chi connectivity index (χ0v) is 12.7. The van der Waals surface area contributed by atoms with Crippen LogP contribution in [0.25, 0.3) is 0 Å². The summed E-state index contributed by atoms with van der Waals surface area (Å²) in [4.78, 5) is 4.55. The van der Waals surface area contributed by atoms with Crippen LogP contribution in [0, 0.1) is 5.92 Å². The molecule has 1 aliphatic heterocycles. The van der Waals surface area contributed by atoms with Crippen LogP contribution in [-0.4, -0.2) is 45.2 Å². The summed E-state index contributed by atoms with van der Waals surface area (Å²) in [5, 5.41) is 3.66. The molecule has 2 rings (SSSR count). The third-order valence-electron chi connectivity index (χ3n) is 4.25. The number of rotatable bonds is 4. The second-order valence-electron chi connectivity index (χ2n) is 6.02. The first-order valence-electron chi connectivity index (χ1n) is 7.28. The van der Waals surface area contributed by atoms with Gasteiger partial charge in [-0.3, -0.25) is 0 Å². The molecule has 0 radical (unpaired) electrons. The number of likely N-dealkylation sites (tertiary alicyclic amines) is 1. The molecule has 0 spiro atoms. The van der Waals surface area contributed by atoms with Crippen LogP contribution in [0.2, 0.25) is 0 Å². The largest absolute Gasteiger partial charge is 0.382 e. The standard InChI is InChI=1S/C16H27N3/c1-13(14-9-11-19(4)12-10-14)17-15-5-7-16(8-6-15)18(2)3/h5-8,13-14,17H,9-12H2,1-4H3. The molecule has 0 aliphatic carbocycles. The van der Waals surface area contributed by atoms with Crippen LogP contribution in [0.1, 0.15) is 19.8 Å². The summed E-state index contributed by atoms with van der Waals surface area (Å²) in [6.07, 6.45) is 2.61. The van der Waals surface area contributed by atoms with Crippen molar-refractivity contribution in [3.8, 4) is 0 Å². The Hall–Kier alpha value is -1.22. The van der Waals surface area contributed by atoms with Crippen molar-refractivity contribution < 1.29 is 0 Å². The molecule has 1 heterocycles. The van der Waals surface area contributed by atoms with Crippen molar-refractivity contribution in [1.82, 2.24) is 4.90 Å². The molecule has 1 atom stereocenters. The Labute approximate surface area is 117 Å². The number of anilines is 2. The van der Waals surface area contributed by atoms with Crippen molar-refractivity contribution in [3.63, 3.8) is 0 Å². The Bertz CT molecular complexity index is 377. The molecular weight excluding hydrogens is 234 g/mol. The van der Waals surface area contributed by atoms with Crippen molar-refractivity contribution in [2.24, 2.45) is 5.92 Å². The van der Waals surface area contributed by atoms with Crippen molar-refractivity contribution in [3.05, 3.63) is 24.3 Å². The van der Waals surface area contributed by atoms with E-state index in [1.807, 2.05) is 0 Å². The highest BCUT2D eigenvalue weighted by atomic mass is 15.1. The van der Waals surface area contributed by atoms with Crippen molar-refractivity contribution in [2.45, 2.75) is 25.8 Å². The fourth-order valence-electron chi connectivity index (χ4n) is 2.77. The summed E-state index contributed by atoms with van der Waals surface area (Å²) >= 11 is 0. The van der Waals surface area contributed by atoms with Gasteiger partial charge in [-0.2, -0.15) is 0 Å². The number of hydrogen-bond donors (Lipinski definition) is 1. The van der Waals surface area contributed by atoms with E-state index in [0.717, 1.165) is 5.92 Å². The average molecular weight is 261 g/mol. The molecule has 1 saturated heterocycles. The number of nitrogens with one attached hydrogen (secondary N) is 1. The van der Waals surface area contributed by atoms with Gasteiger partial charge in [-0.15, -0.1) is 0 Å². The van der Waals surface area contributed by atoms with Gasteiger partial charge in [0.15, 0.2) is 0 Å². The molecule has 3 nitrogen and oxygen atoms in total. The number of benzene rings is 1. The van der Waals surface area contributed by atoms with Crippen LogP contribution in [0.4, 0.5) is 11.4 Å². The highest BCUT2D eigenvalue weighted by Crippen LogP contribution is 2.23. The minimum atomic E-state index is 0.555. The van der Waals surface area contributed by atoms with E-state index in [1.54, 1.807) is 0 Å². The molecule has 1 aliphatic rings. The maximum absolute atomic E-state index is 3.66. The fourth-order valence-corrected chi connectivity index (χ4v) is 2.77. The van der Waals surface area contributed by atoms with Crippen LogP contribution in [0.3, 0.4) is 0 Å². The van der Waals surface area contributed by atoms with E-state index in [4.69, 9.17) is 0 Å². The van der Waals surface area contributed by atoms with Crippen LogP contribution < -0.4 is 10.2 Å². The Kier molecular flexibility index (Phi) is 4.70. The van der Waals surface area contributed by atoms with Gasteiger partial charge in [-0.05, 0) is 70.1 Å².